The van der Waals surface area contributed by atoms with Crippen LogP contribution in [0.15, 0.2) is 54.7 Å². The number of ether oxygens (including phenoxy) is 1. The molecule has 2 heterocycles. The van der Waals surface area contributed by atoms with E-state index >= 15 is 0 Å². The molecule has 1 amide bonds. The average Bonchev–Trinajstić information content (AvgIpc) is 3.28. The first-order valence-corrected chi connectivity index (χ1v) is 8.93. The number of carbonyl (C=O) groups excluding carboxylic acids is 1. The summed E-state index contributed by atoms with van der Waals surface area (Å²) in [7, 11) is 0. The Bertz CT molecular complexity index is 907. The van der Waals surface area contributed by atoms with Gasteiger partial charge in [-0.05, 0) is 48.6 Å². The lowest BCUT2D eigenvalue weighted by Gasteiger charge is -2.24. The molecule has 0 radical (unpaired) electrons. The molecule has 1 aliphatic heterocycles. The van der Waals surface area contributed by atoms with Gasteiger partial charge in [0.15, 0.2) is 0 Å². The maximum Gasteiger partial charge on any atom is 0.410 e. The molecule has 3 aromatic rings. The molecular formula is C21H21FN2O2. The van der Waals surface area contributed by atoms with Crippen molar-refractivity contribution in [1.29, 1.82) is 0 Å². The molecule has 0 spiro atoms. The third kappa shape index (κ3) is 3.43. The molecule has 4 nitrogen and oxygen atoms in total. The van der Waals surface area contributed by atoms with E-state index in [0.717, 1.165) is 47.8 Å². The molecule has 26 heavy (non-hydrogen) atoms. The molecule has 0 aliphatic carbocycles. The van der Waals surface area contributed by atoms with E-state index in [1.165, 1.54) is 12.1 Å². The fourth-order valence-electron chi connectivity index (χ4n) is 3.67. The minimum atomic E-state index is -0.262. The molecule has 1 unspecified atom stereocenters. The number of hydrogen-bond donors (Lipinski definition) is 1. The van der Waals surface area contributed by atoms with Crippen molar-refractivity contribution in [2.75, 3.05) is 6.54 Å². The predicted molar refractivity (Wildman–Crippen MR) is 98.3 cm³/mol. The van der Waals surface area contributed by atoms with E-state index in [1.807, 2.05) is 41.4 Å². The number of H-pyrrole nitrogens is 1. The molecule has 1 atom stereocenters. The lowest BCUT2D eigenvalue weighted by atomic mass is 10.0. The molecule has 5 heteroatoms. The highest BCUT2D eigenvalue weighted by Crippen LogP contribution is 2.26. The summed E-state index contributed by atoms with van der Waals surface area (Å²) in [5, 5.41) is 1.01. The number of fused-ring (bicyclic) bond motifs is 1. The third-order valence-electron chi connectivity index (χ3n) is 5.00. The monoisotopic (exact) mass is 352 g/mol. The van der Waals surface area contributed by atoms with Crippen molar-refractivity contribution in [1.82, 2.24) is 9.88 Å². The molecular weight excluding hydrogens is 331 g/mol. The Morgan fingerprint density at radius 2 is 2.08 bits per heavy atom. The standard InChI is InChI=1S/C21H21FN2O2/c22-17-8-9-19-16(13-23-20(19)12-17)11-18-7-4-10-24(18)21(25)26-14-15-5-2-1-3-6-15/h1-3,5-6,8-9,12-13,18,23H,4,7,10-11,14H2. The summed E-state index contributed by atoms with van der Waals surface area (Å²) in [6, 6.07) is 14.6. The van der Waals surface area contributed by atoms with Crippen LogP contribution in [0.5, 0.6) is 0 Å². The Hall–Kier alpha value is -2.82. The van der Waals surface area contributed by atoms with Crippen molar-refractivity contribution >= 4 is 17.0 Å². The van der Waals surface area contributed by atoms with Gasteiger partial charge < -0.3 is 14.6 Å². The molecule has 1 saturated heterocycles. The summed E-state index contributed by atoms with van der Waals surface area (Å²) in [5.41, 5.74) is 2.87. The van der Waals surface area contributed by atoms with E-state index in [0.29, 0.717) is 0 Å². The van der Waals surface area contributed by atoms with Crippen LogP contribution in [0.1, 0.15) is 24.0 Å². The number of benzene rings is 2. The number of aromatic nitrogens is 1. The number of aromatic amines is 1. The van der Waals surface area contributed by atoms with Crippen molar-refractivity contribution in [3.05, 3.63) is 71.7 Å². The first-order chi connectivity index (χ1) is 12.7. The fourth-order valence-corrected chi connectivity index (χ4v) is 3.67. The summed E-state index contributed by atoms with van der Waals surface area (Å²) in [4.78, 5) is 17.5. The van der Waals surface area contributed by atoms with Gasteiger partial charge in [0, 0.05) is 29.7 Å². The first kappa shape index (κ1) is 16.6. The number of nitrogens with zero attached hydrogens (tertiary/aromatic N) is 1. The zero-order valence-corrected chi connectivity index (χ0v) is 14.5. The topological polar surface area (TPSA) is 45.3 Å². The number of carbonyl (C=O) groups is 1. The quantitative estimate of drug-likeness (QED) is 0.743. The SMILES string of the molecule is O=C(OCc1ccccc1)N1CCCC1Cc1c[nH]c2cc(F)ccc12. The molecule has 1 aromatic heterocycles. The van der Waals surface area contributed by atoms with Gasteiger partial charge in [0.25, 0.3) is 0 Å². The van der Waals surface area contributed by atoms with Gasteiger partial charge in [-0.3, -0.25) is 0 Å². The molecule has 1 N–H and O–H groups in total. The van der Waals surface area contributed by atoms with E-state index in [4.69, 9.17) is 4.74 Å². The number of hydrogen-bond acceptors (Lipinski definition) is 2. The van der Waals surface area contributed by atoms with Crippen LogP contribution < -0.4 is 0 Å². The van der Waals surface area contributed by atoms with Crippen LogP contribution in [0.3, 0.4) is 0 Å². The normalized spacial score (nSPS) is 17.0. The van der Waals surface area contributed by atoms with Crippen LogP contribution in [0.25, 0.3) is 10.9 Å². The summed E-state index contributed by atoms with van der Waals surface area (Å²) >= 11 is 0. The van der Waals surface area contributed by atoms with Crippen molar-refractivity contribution in [2.45, 2.75) is 31.9 Å². The number of nitrogens with one attached hydrogen (secondary N) is 1. The van der Waals surface area contributed by atoms with Gasteiger partial charge in [0.05, 0.1) is 0 Å². The Balaban J connectivity index is 1.43. The number of likely N-dealkylation sites (tertiary alicyclic amines) is 1. The van der Waals surface area contributed by atoms with E-state index in [-0.39, 0.29) is 24.6 Å². The minimum Gasteiger partial charge on any atom is -0.445 e. The third-order valence-corrected chi connectivity index (χ3v) is 5.00. The van der Waals surface area contributed by atoms with Crippen LogP contribution in [-0.4, -0.2) is 28.6 Å². The lowest BCUT2D eigenvalue weighted by Crippen LogP contribution is -2.37. The zero-order chi connectivity index (χ0) is 17.9. The second-order valence-electron chi connectivity index (χ2n) is 6.74. The summed E-state index contributed by atoms with van der Waals surface area (Å²) < 4.78 is 18.8. The number of amides is 1. The molecule has 2 aromatic carbocycles. The molecule has 4 rings (SSSR count). The highest BCUT2D eigenvalue weighted by atomic mass is 19.1. The smallest absolute Gasteiger partial charge is 0.410 e. The Labute approximate surface area is 151 Å². The van der Waals surface area contributed by atoms with Crippen molar-refractivity contribution in [2.24, 2.45) is 0 Å². The second-order valence-corrected chi connectivity index (χ2v) is 6.74. The van der Waals surface area contributed by atoms with E-state index in [9.17, 15) is 9.18 Å². The largest absolute Gasteiger partial charge is 0.445 e. The van der Waals surface area contributed by atoms with Crippen LogP contribution in [0, 0.1) is 5.82 Å². The van der Waals surface area contributed by atoms with Crippen molar-refractivity contribution in [3.63, 3.8) is 0 Å². The summed E-state index contributed by atoms with van der Waals surface area (Å²) in [5.74, 6) is -0.252. The van der Waals surface area contributed by atoms with E-state index in [2.05, 4.69) is 4.98 Å². The van der Waals surface area contributed by atoms with Crippen LogP contribution in [-0.2, 0) is 17.8 Å². The van der Waals surface area contributed by atoms with Crippen LogP contribution in [0.2, 0.25) is 0 Å². The maximum atomic E-state index is 13.4. The van der Waals surface area contributed by atoms with Gasteiger partial charge in [-0.25, -0.2) is 9.18 Å². The van der Waals surface area contributed by atoms with Gasteiger partial charge in [-0.2, -0.15) is 0 Å². The highest BCUT2D eigenvalue weighted by Gasteiger charge is 2.30. The lowest BCUT2D eigenvalue weighted by molar-refractivity contribution is 0.0921. The highest BCUT2D eigenvalue weighted by molar-refractivity contribution is 5.83. The first-order valence-electron chi connectivity index (χ1n) is 8.93. The second kappa shape index (κ2) is 7.20. The predicted octanol–water partition coefficient (Wildman–Crippen LogP) is 4.65. The number of rotatable bonds is 4. The van der Waals surface area contributed by atoms with Gasteiger partial charge in [-0.1, -0.05) is 30.3 Å². The van der Waals surface area contributed by atoms with Gasteiger partial charge in [0.2, 0.25) is 0 Å². The molecule has 1 fully saturated rings. The zero-order valence-electron chi connectivity index (χ0n) is 14.5. The molecule has 0 bridgehead atoms. The van der Waals surface area contributed by atoms with Crippen LogP contribution >= 0.6 is 0 Å². The molecule has 134 valence electrons. The Morgan fingerprint density at radius 3 is 2.92 bits per heavy atom. The number of halogens is 1. The van der Waals surface area contributed by atoms with Gasteiger partial charge in [0.1, 0.15) is 12.4 Å². The molecule has 0 saturated carbocycles. The summed E-state index contributed by atoms with van der Waals surface area (Å²) in [6.07, 6.45) is 4.32. The van der Waals surface area contributed by atoms with Crippen LogP contribution in [0.4, 0.5) is 9.18 Å². The van der Waals surface area contributed by atoms with E-state index < -0.39 is 0 Å². The Morgan fingerprint density at radius 1 is 1.23 bits per heavy atom. The van der Waals surface area contributed by atoms with Crippen molar-refractivity contribution < 1.29 is 13.9 Å². The average molecular weight is 352 g/mol. The minimum absolute atomic E-state index is 0.113. The molecule has 1 aliphatic rings. The van der Waals surface area contributed by atoms with Gasteiger partial charge in [-0.15, -0.1) is 0 Å². The maximum absolute atomic E-state index is 13.4. The fraction of sp³-hybridized carbons (Fsp3) is 0.286. The summed E-state index contributed by atoms with van der Waals surface area (Å²) in [6.45, 7) is 1.00. The van der Waals surface area contributed by atoms with E-state index in [1.54, 1.807) is 6.07 Å². The van der Waals surface area contributed by atoms with Crippen molar-refractivity contribution in [3.8, 4) is 0 Å². The Kier molecular flexibility index (Phi) is 4.61. The van der Waals surface area contributed by atoms with Gasteiger partial charge >= 0.3 is 6.09 Å².